The van der Waals surface area contributed by atoms with E-state index >= 15 is 0 Å². The lowest BCUT2D eigenvalue weighted by molar-refractivity contribution is -0.139. The summed E-state index contributed by atoms with van der Waals surface area (Å²) in [7, 11) is 1.18. The van der Waals surface area contributed by atoms with Crippen molar-refractivity contribution in [2.45, 2.75) is 39.5 Å². The maximum atomic E-state index is 10.9. The highest BCUT2D eigenvalue weighted by atomic mass is 16.5. The van der Waals surface area contributed by atoms with Gasteiger partial charge in [0.2, 0.25) is 0 Å². The molecule has 142 valence electrons. The second-order valence-corrected chi connectivity index (χ2v) is 5.28. The van der Waals surface area contributed by atoms with Gasteiger partial charge in [-0.25, -0.2) is 19.2 Å². The number of hydrogen-bond donors (Lipinski definition) is 2. The van der Waals surface area contributed by atoms with Gasteiger partial charge >= 0.3 is 23.9 Å². The number of hydrogen-bond acceptors (Lipinski definition) is 6. The van der Waals surface area contributed by atoms with E-state index in [1.165, 1.54) is 13.5 Å². The summed E-state index contributed by atoms with van der Waals surface area (Å²) in [4.78, 5) is 40.9. The van der Waals surface area contributed by atoms with Crippen LogP contribution in [0.1, 0.15) is 39.5 Å². The average Bonchev–Trinajstić information content (AvgIpc) is 2.54. The molecular formula is C17H26O8. The summed E-state index contributed by atoms with van der Waals surface area (Å²) >= 11 is 0. The SMILES string of the molecule is CC(C)CCCCCOC(=O)C=CC(=O)O.COC(=O)C=CC(=O)O. The van der Waals surface area contributed by atoms with Crippen LogP contribution in [-0.2, 0) is 28.7 Å². The molecule has 0 bridgehead atoms. The number of rotatable bonds is 10. The Hall–Kier alpha value is -2.64. The van der Waals surface area contributed by atoms with E-state index in [4.69, 9.17) is 14.9 Å². The molecule has 25 heavy (non-hydrogen) atoms. The lowest BCUT2D eigenvalue weighted by atomic mass is 10.1. The first-order chi connectivity index (χ1) is 11.7. The van der Waals surface area contributed by atoms with Crippen LogP contribution in [0.4, 0.5) is 0 Å². The molecule has 0 aromatic rings. The molecule has 0 aromatic carbocycles. The zero-order valence-electron chi connectivity index (χ0n) is 14.8. The van der Waals surface area contributed by atoms with Gasteiger partial charge in [0, 0.05) is 24.3 Å². The van der Waals surface area contributed by atoms with Crippen molar-refractivity contribution in [3.63, 3.8) is 0 Å². The molecule has 0 amide bonds. The monoisotopic (exact) mass is 358 g/mol. The molecule has 0 saturated heterocycles. The number of carboxylic acids is 2. The van der Waals surface area contributed by atoms with Crippen molar-refractivity contribution < 1.29 is 38.9 Å². The van der Waals surface area contributed by atoms with Crippen LogP contribution in [0.15, 0.2) is 24.3 Å². The molecule has 0 aromatic heterocycles. The number of aliphatic carboxylic acids is 2. The molecule has 0 unspecified atom stereocenters. The minimum absolute atomic E-state index is 0.362. The highest BCUT2D eigenvalue weighted by Gasteiger charge is 1.99. The first-order valence-electron chi connectivity index (χ1n) is 7.75. The van der Waals surface area contributed by atoms with E-state index in [0.29, 0.717) is 18.6 Å². The van der Waals surface area contributed by atoms with Gasteiger partial charge in [-0.1, -0.05) is 33.1 Å². The Balaban J connectivity index is 0. The average molecular weight is 358 g/mol. The third-order valence-electron chi connectivity index (χ3n) is 2.60. The summed E-state index contributed by atoms with van der Waals surface area (Å²) in [6.45, 7) is 4.72. The molecule has 0 aliphatic carbocycles. The topological polar surface area (TPSA) is 127 Å². The minimum atomic E-state index is -1.17. The summed E-state index contributed by atoms with van der Waals surface area (Å²) in [5.41, 5.74) is 0. The third-order valence-corrected chi connectivity index (χ3v) is 2.60. The molecule has 0 aliphatic rings. The highest BCUT2D eigenvalue weighted by Crippen LogP contribution is 2.07. The van der Waals surface area contributed by atoms with Crippen molar-refractivity contribution in [3.8, 4) is 0 Å². The minimum Gasteiger partial charge on any atom is -0.478 e. The largest absolute Gasteiger partial charge is 0.478 e. The van der Waals surface area contributed by atoms with Gasteiger partial charge in [-0.2, -0.15) is 0 Å². The standard InChI is InChI=1S/C12H20O4.C5H6O4/c1-10(2)6-4-3-5-9-16-12(15)8-7-11(13)14;1-9-5(8)3-2-4(6)7/h7-8,10H,3-6,9H2,1-2H3,(H,13,14);2-3H,1H3,(H,6,7). The summed E-state index contributed by atoms with van der Waals surface area (Å²) in [6.07, 6.45) is 7.45. The molecule has 0 spiro atoms. The zero-order chi connectivity index (χ0) is 19.7. The lowest BCUT2D eigenvalue weighted by Gasteiger charge is -2.04. The number of methoxy groups -OCH3 is 1. The molecule has 0 fully saturated rings. The fourth-order valence-electron chi connectivity index (χ4n) is 1.40. The molecule has 8 heteroatoms. The van der Waals surface area contributed by atoms with Crippen molar-refractivity contribution in [1.82, 2.24) is 0 Å². The lowest BCUT2D eigenvalue weighted by Crippen LogP contribution is -2.03. The van der Waals surface area contributed by atoms with Gasteiger partial charge in [0.05, 0.1) is 13.7 Å². The third kappa shape index (κ3) is 23.8. The van der Waals surface area contributed by atoms with E-state index in [0.717, 1.165) is 37.5 Å². The van der Waals surface area contributed by atoms with Crippen molar-refractivity contribution in [1.29, 1.82) is 0 Å². The second-order valence-electron chi connectivity index (χ2n) is 5.28. The number of unbranched alkanes of at least 4 members (excludes halogenated alkanes) is 2. The normalized spacial score (nSPS) is 10.4. The van der Waals surface area contributed by atoms with Crippen molar-refractivity contribution >= 4 is 23.9 Å². The highest BCUT2D eigenvalue weighted by molar-refractivity contribution is 5.91. The Morgan fingerprint density at radius 2 is 1.36 bits per heavy atom. The van der Waals surface area contributed by atoms with E-state index < -0.39 is 23.9 Å². The number of ether oxygens (including phenoxy) is 2. The number of carboxylic acid groups (broad SMARTS) is 2. The smallest absolute Gasteiger partial charge is 0.331 e. The fraction of sp³-hybridized carbons (Fsp3) is 0.529. The van der Waals surface area contributed by atoms with Crippen LogP contribution in [0.5, 0.6) is 0 Å². The first kappa shape index (κ1) is 24.6. The van der Waals surface area contributed by atoms with Gasteiger partial charge in [-0.3, -0.25) is 0 Å². The maximum absolute atomic E-state index is 10.9. The van der Waals surface area contributed by atoms with Crippen LogP contribution >= 0.6 is 0 Å². The molecular weight excluding hydrogens is 332 g/mol. The Kier molecular flexibility index (Phi) is 16.0. The summed E-state index contributed by atoms with van der Waals surface area (Å²) in [6, 6.07) is 0. The van der Waals surface area contributed by atoms with Crippen LogP contribution in [-0.4, -0.2) is 47.8 Å². The summed E-state index contributed by atoms with van der Waals surface area (Å²) in [5, 5.41) is 16.2. The molecule has 0 saturated carbocycles. The van der Waals surface area contributed by atoms with E-state index in [-0.39, 0.29) is 0 Å². The molecule has 0 radical (unpaired) electrons. The van der Waals surface area contributed by atoms with E-state index in [2.05, 4.69) is 18.6 Å². The van der Waals surface area contributed by atoms with Crippen LogP contribution in [0.2, 0.25) is 0 Å². The van der Waals surface area contributed by atoms with Gasteiger partial charge in [-0.15, -0.1) is 0 Å². The Bertz CT molecular complexity index is 477. The van der Waals surface area contributed by atoms with Gasteiger partial charge in [0.25, 0.3) is 0 Å². The van der Waals surface area contributed by atoms with Crippen LogP contribution < -0.4 is 0 Å². The van der Waals surface area contributed by atoms with Crippen molar-refractivity contribution in [2.24, 2.45) is 5.92 Å². The quantitative estimate of drug-likeness (QED) is 0.345. The Labute approximate surface area is 147 Å². The van der Waals surface area contributed by atoms with Crippen LogP contribution in [0.25, 0.3) is 0 Å². The van der Waals surface area contributed by atoms with E-state index in [1.807, 2.05) is 0 Å². The molecule has 2 N–H and O–H groups in total. The molecule has 0 rings (SSSR count). The van der Waals surface area contributed by atoms with Crippen LogP contribution in [0, 0.1) is 5.92 Å². The predicted molar refractivity (Wildman–Crippen MR) is 89.8 cm³/mol. The number of carbonyl (C=O) groups is 4. The van der Waals surface area contributed by atoms with E-state index in [1.54, 1.807) is 0 Å². The second kappa shape index (κ2) is 16.2. The summed E-state index contributed by atoms with van der Waals surface area (Å²) < 4.78 is 8.92. The van der Waals surface area contributed by atoms with Gasteiger partial charge in [0.15, 0.2) is 0 Å². The molecule has 0 atom stereocenters. The van der Waals surface area contributed by atoms with E-state index in [9.17, 15) is 19.2 Å². The van der Waals surface area contributed by atoms with Gasteiger partial charge in [0.1, 0.15) is 0 Å². The fourth-order valence-corrected chi connectivity index (χ4v) is 1.40. The Morgan fingerprint density at radius 3 is 1.80 bits per heavy atom. The number of carbonyl (C=O) groups excluding carboxylic acids is 2. The maximum Gasteiger partial charge on any atom is 0.331 e. The van der Waals surface area contributed by atoms with Crippen molar-refractivity contribution in [3.05, 3.63) is 24.3 Å². The van der Waals surface area contributed by atoms with Gasteiger partial charge < -0.3 is 19.7 Å². The molecule has 8 nitrogen and oxygen atoms in total. The summed E-state index contributed by atoms with van der Waals surface area (Å²) in [5.74, 6) is -2.86. The molecule has 0 aliphatic heterocycles. The zero-order valence-corrected chi connectivity index (χ0v) is 14.8. The van der Waals surface area contributed by atoms with Crippen LogP contribution in [0.3, 0.4) is 0 Å². The van der Waals surface area contributed by atoms with Crippen molar-refractivity contribution in [2.75, 3.05) is 13.7 Å². The Morgan fingerprint density at radius 1 is 0.840 bits per heavy atom. The first-order valence-corrected chi connectivity index (χ1v) is 7.75. The predicted octanol–water partition coefficient (Wildman–Crippen LogP) is 2.19. The van der Waals surface area contributed by atoms with Gasteiger partial charge in [-0.05, 0) is 12.3 Å². The molecule has 0 heterocycles. The number of esters is 2.